The summed E-state index contributed by atoms with van der Waals surface area (Å²) in [4.78, 5) is 25.2. The van der Waals surface area contributed by atoms with Crippen LogP contribution in [0.4, 0.5) is 0 Å². The van der Waals surface area contributed by atoms with E-state index in [1.807, 2.05) is 12.1 Å². The summed E-state index contributed by atoms with van der Waals surface area (Å²) >= 11 is 0. The highest BCUT2D eigenvalue weighted by atomic mass is 16.2. The molecular weight excluding hydrogens is 254 g/mol. The van der Waals surface area contributed by atoms with Crippen molar-refractivity contribution in [1.29, 1.82) is 0 Å². The van der Waals surface area contributed by atoms with Crippen LogP contribution in [0.15, 0.2) is 24.3 Å². The van der Waals surface area contributed by atoms with Crippen molar-refractivity contribution in [2.24, 2.45) is 0 Å². The highest BCUT2D eigenvalue weighted by Crippen LogP contribution is 2.17. The number of nitrogens with one attached hydrogen (secondary N) is 2. The minimum absolute atomic E-state index is 0.0448. The molecule has 0 aliphatic carbocycles. The molecule has 1 aromatic carbocycles. The summed E-state index contributed by atoms with van der Waals surface area (Å²) < 4.78 is 0. The van der Waals surface area contributed by atoms with Gasteiger partial charge in [-0.3, -0.25) is 9.59 Å². The Kier molecular flexibility index (Phi) is 4.74. The monoisotopic (exact) mass is 275 g/mol. The van der Waals surface area contributed by atoms with Gasteiger partial charge >= 0.3 is 0 Å². The number of hydrogen-bond donors (Lipinski definition) is 2. The Labute approximate surface area is 119 Å². The predicted octanol–water partition coefficient (Wildman–Crippen LogP) is 0.295. The summed E-state index contributed by atoms with van der Waals surface area (Å²) in [6.07, 6.45) is 1.04. The SMILES string of the molecule is CNC(=O)CCN(C)C(=O)[C@@H]1Cc2ccccc2CN1. The van der Waals surface area contributed by atoms with Crippen LogP contribution in [-0.4, -0.2) is 43.4 Å². The highest BCUT2D eigenvalue weighted by Gasteiger charge is 2.26. The molecule has 5 heteroatoms. The number of carbonyl (C=O) groups excluding carboxylic acids is 2. The zero-order chi connectivity index (χ0) is 14.5. The molecule has 1 atom stereocenters. The van der Waals surface area contributed by atoms with E-state index in [4.69, 9.17) is 0 Å². The fraction of sp³-hybridized carbons (Fsp3) is 0.467. The Hall–Kier alpha value is -1.88. The maximum Gasteiger partial charge on any atom is 0.239 e. The largest absolute Gasteiger partial charge is 0.359 e. The Morgan fingerprint density at radius 1 is 1.35 bits per heavy atom. The molecule has 1 heterocycles. The molecule has 0 spiro atoms. The number of nitrogens with zero attached hydrogens (tertiary/aromatic N) is 1. The number of benzene rings is 1. The third kappa shape index (κ3) is 3.36. The molecule has 0 fully saturated rings. The summed E-state index contributed by atoms with van der Waals surface area (Å²) in [7, 11) is 3.34. The summed E-state index contributed by atoms with van der Waals surface area (Å²) in [5.41, 5.74) is 2.48. The first-order valence-corrected chi connectivity index (χ1v) is 6.87. The average molecular weight is 275 g/mol. The molecule has 108 valence electrons. The zero-order valence-corrected chi connectivity index (χ0v) is 12.0. The first-order valence-electron chi connectivity index (χ1n) is 6.87. The lowest BCUT2D eigenvalue weighted by atomic mass is 9.95. The molecule has 2 rings (SSSR count). The van der Waals surface area contributed by atoms with Crippen molar-refractivity contribution < 1.29 is 9.59 Å². The van der Waals surface area contributed by atoms with Gasteiger partial charge in [-0.05, 0) is 17.5 Å². The molecule has 2 amide bonds. The minimum atomic E-state index is -0.195. The van der Waals surface area contributed by atoms with Crippen molar-refractivity contribution in [3.05, 3.63) is 35.4 Å². The molecule has 0 bridgehead atoms. The number of likely N-dealkylation sites (N-methyl/N-ethyl adjacent to an activating group) is 1. The van der Waals surface area contributed by atoms with Crippen LogP contribution in [0.1, 0.15) is 17.5 Å². The van der Waals surface area contributed by atoms with E-state index in [1.54, 1.807) is 19.0 Å². The van der Waals surface area contributed by atoms with Gasteiger partial charge in [-0.15, -0.1) is 0 Å². The van der Waals surface area contributed by atoms with Crippen LogP contribution in [0, 0.1) is 0 Å². The van der Waals surface area contributed by atoms with Crippen molar-refractivity contribution in [1.82, 2.24) is 15.5 Å². The van der Waals surface area contributed by atoms with Gasteiger partial charge in [0.15, 0.2) is 0 Å². The number of amides is 2. The molecular formula is C15H21N3O2. The second kappa shape index (κ2) is 6.52. The standard InChI is InChI=1S/C15H21N3O2/c1-16-14(19)7-8-18(2)15(20)13-9-11-5-3-4-6-12(11)10-17-13/h3-6,13,17H,7-10H2,1-2H3,(H,16,19)/t13-/m0/s1. The van der Waals surface area contributed by atoms with Crippen LogP contribution in [0.2, 0.25) is 0 Å². The smallest absolute Gasteiger partial charge is 0.239 e. The summed E-state index contributed by atoms with van der Waals surface area (Å²) in [6, 6.07) is 7.97. The van der Waals surface area contributed by atoms with Crippen molar-refractivity contribution in [3.63, 3.8) is 0 Å². The Bertz CT molecular complexity index is 502. The Morgan fingerprint density at radius 3 is 2.75 bits per heavy atom. The van der Waals surface area contributed by atoms with Gasteiger partial charge in [-0.25, -0.2) is 0 Å². The zero-order valence-electron chi connectivity index (χ0n) is 12.0. The normalized spacial score (nSPS) is 17.2. The van der Waals surface area contributed by atoms with Gasteiger partial charge in [-0.2, -0.15) is 0 Å². The molecule has 0 unspecified atom stereocenters. The second-order valence-electron chi connectivity index (χ2n) is 5.09. The number of fused-ring (bicyclic) bond motifs is 1. The van der Waals surface area contributed by atoms with Crippen LogP contribution >= 0.6 is 0 Å². The lowest BCUT2D eigenvalue weighted by Crippen LogP contribution is -2.48. The molecule has 0 saturated heterocycles. The molecule has 0 radical (unpaired) electrons. The lowest BCUT2D eigenvalue weighted by molar-refractivity contribution is -0.132. The fourth-order valence-electron chi connectivity index (χ4n) is 2.40. The molecule has 0 aromatic heterocycles. The van der Waals surface area contributed by atoms with Gasteiger partial charge in [0.1, 0.15) is 0 Å². The van der Waals surface area contributed by atoms with Crippen molar-refractivity contribution in [3.8, 4) is 0 Å². The Balaban J connectivity index is 1.92. The minimum Gasteiger partial charge on any atom is -0.359 e. The van der Waals surface area contributed by atoms with E-state index in [0.29, 0.717) is 19.4 Å². The molecule has 1 aliphatic heterocycles. The molecule has 20 heavy (non-hydrogen) atoms. The van der Waals surface area contributed by atoms with E-state index in [9.17, 15) is 9.59 Å². The topological polar surface area (TPSA) is 61.4 Å². The van der Waals surface area contributed by atoms with Gasteiger partial charge in [0.2, 0.25) is 11.8 Å². The molecule has 1 aliphatic rings. The molecule has 0 saturated carbocycles. The summed E-state index contributed by atoms with van der Waals surface area (Å²) in [5, 5.41) is 5.83. The lowest BCUT2D eigenvalue weighted by Gasteiger charge is -2.29. The quantitative estimate of drug-likeness (QED) is 0.830. The van der Waals surface area contributed by atoms with Crippen molar-refractivity contribution in [2.45, 2.75) is 25.4 Å². The third-order valence-electron chi connectivity index (χ3n) is 3.71. The van der Waals surface area contributed by atoms with Crippen LogP contribution in [0.25, 0.3) is 0 Å². The van der Waals surface area contributed by atoms with E-state index < -0.39 is 0 Å². The average Bonchev–Trinajstić information content (AvgIpc) is 2.50. The predicted molar refractivity (Wildman–Crippen MR) is 77.1 cm³/mol. The number of rotatable bonds is 4. The van der Waals surface area contributed by atoms with Gasteiger partial charge in [0.05, 0.1) is 6.04 Å². The van der Waals surface area contributed by atoms with Gasteiger partial charge in [0.25, 0.3) is 0 Å². The van der Waals surface area contributed by atoms with E-state index in [0.717, 1.165) is 6.54 Å². The maximum absolute atomic E-state index is 12.3. The third-order valence-corrected chi connectivity index (χ3v) is 3.71. The molecule has 2 N–H and O–H groups in total. The van der Waals surface area contributed by atoms with E-state index >= 15 is 0 Å². The molecule has 5 nitrogen and oxygen atoms in total. The van der Waals surface area contributed by atoms with E-state index in [-0.39, 0.29) is 17.9 Å². The van der Waals surface area contributed by atoms with Gasteiger partial charge < -0.3 is 15.5 Å². The maximum atomic E-state index is 12.3. The number of carbonyl (C=O) groups is 2. The van der Waals surface area contributed by atoms with E-state index in [1.165, 1.54) is 11.1 Å². The van der Waals surface area contributed by atoms with Crippen LogP contribution in [0.5, 0.6) is 0 Å². The fourth-order valence-corrected chi connectivity index (χ4v) is 2.40. The van der Waals surface area contributed by atoms with Crippen LogP contribution in [-0.2, 0) is 22.6 Å². The Morgan fingerprint density at radius 2 is 2.05 bits per heavy atom. The first kappa shape index (κ1) is 14.5. The first-order chi connectivity index (χ1) is 9.61. The van der Waals surface area contributed by atoms with Gasteiger partial charge in [-0.1, -0.05) is 24.3 Å². The highest BCUT2D eigenvalue weighted by molar-refractivity contribution is 5.83. The summed E-state index contributed by atoms with van der Waals surface area (Å²) in [5.74, 6) is -0.00462. The van der Waals surface area contributed by atoms with Gasteiger partial charge in [0, 0.05) is 33.6 Å². The number of hydrogen-bond acceptors (Lipinski definition) is 3. The van der Waals surface area contributed by atoms with Crippen molar-refractivity contribution >= 4 is 11.8 Å². The van der Waals surface area contributed by atoms with Crippen LogP contribution < -0.4 is 10.6 Å². The van der Waals surface area contributed by atoms with Crippen LogP contribution in [0.3, 0.4) is 0 Å². The summed E-state index contributed by atoms with van der Waals surface area (Å²) in [6.45, 7) is 1.16. The second-order valence-corrected chi connectivity index (χ2v) is 5.09. The van der Waals surface area contributed by atoms with E-state index in [2.05, 4.69) is 22.8 Å². The molecule has 1 aromatic rings. The van der Waals surface area contributed by atoms with Crippen molar-refractivity contribution in [2.75, 3.05) is 20.6 Å².